The molecule has 0 saturated carbocycles. The standard InChI is InChI=1S/C15H21NO/c17-15-13(11-16-8-4-1-5-9-16)10-12-6-2-3-7-14(12)15/h2-3,6-7,13,15,17H,1,4-5,8-11H2/t13-,15-/m1/s1. The van der Waals surface area contributed by atoms with Crippen molar-refractivity contribution in [1.29, 1.82) is 0 Å². The van der Waals surface area contributed by atoms with Crippen molar-refractivity contribution in [3.63, 3.8) is 0 Å². The minimum atomic E-state index is -0.242. The quantitative estimate of drug-likeness (QED) is 0.844. The Morgan fingerprint density at radius 1 is 1.12 bits per heavy atom. The minimum absolute atomic E-state index is 0.242. The van der Waals surface area contributed by atoms with Crippen LogP contribution in [-0.4, -0.2) is 29.6 Å². The second-order valence-electron chi connectivity index (χ2n) is 5.47. The molecule has 1 aliphatic carbocycles. The summed E-state index contributed by atoms with van der Waals surface area (Å²) < 4.78 is 0. The fraction of sp³-hybridized carbons (Fsp3) is 0.600. The lowest BCUT2D eigenvalue weighted by Gasteiger charge is -2.30. The van der Waals surface area contributed by atoms with Crippen molar-refractivity contribution < 1.29 is 5.11 Å². The first-order valence-electron chi connectivity index (χ1n) is 6.83. The average molecular weight is 231 g/mol. The Labute approximate surface area is 103 Å². The van der Waals surface area contributed by atoms with Gasteiger partial charge < -0.3 is 10.0 Å². The Kier molecular flexibility index (Phi) is 3.17. The van der Waals surface area contributed by atoms with Crippen molar-refractivity contribution in [2.24, 2.45) is 5.92 Å². The van der Waals surface area contributed by atoms with Gasteiger partial charge in [-0.15, -0.1) is 0 Å². The molecule has 92 valence electrons. The fourth-order valence-corrected chi connectivity index (χ4v) is 3.29. The molecule has 1 aliphatic heterocycles. The molecular formula is C15H21NO. The van der Waals surface area contributed by atoms with E-state index >= 15 is 0 Å². The highest BCUT2D eigenvalue weighted by molar-refractivity contribution is 5.34. The summed E-state index contributed by atoms with van der Waals surface area (Å²) in [7, 11) is 0. The Hall–Kier alpha value is -0.860. The van der Waals surface area contributed by atoms with Crippen LogP contribution < -0.4 is 0 Å². The summed E-state index contributed by atoms with van der Waals surface area (Å²) in [5, 5.41) is 10.3. The molecule has 2 atom stereocenters. The smallest absolute Gasteiger partial charge is 0.0836 e. The lowest BCUT2D eigenvalue weighted by atomic mass is 10.0. The normalized spacial score (nSPS) is 29.2. The Balaban J connectivity index is 1.67. The number of nitrogens with zero attached hydrogens (tertiary/aromatic N) is 1. The number of likely N-dealkylation sites (tertiary alicyclic amines) is 1. The van der Waals surface area contributed by atoms with Gasteiger partial charge in [-0.05, 0) is 43.5 Å². The summed E-state index contributed by atoms with van der Waals surface area (Å²) in [6.07, 6.45) is 4.84. The molecular weight excluding hydrogens is 210 g/mol. The maximum atomic E-state index is 10.3. The maximum absolute atomic E-state index is 10.3. The minimum Gasteiger partial charge on any atom is -0.388 e. The molecule has 0 spiro atoms. The molecule has 0 radical (unpaired) electrons. The third kappa shape index (κ3) is 2.24. The highest BCUT2D eigenvalue weighted by Gasteiger charge is 2.31. The number of rotatable bonds is 2. The molecule has 0 bridgehead atoms. The molecule has 1 fully saturated rings. The third-order valence-electron chi connectivity index (χ3n) is 4.24. The van der Waals surface area contributed by atoms with E-state index in [1.54, 1.807) is 0 Å². The number of fused-ring (bicyclic) bond motifs is 1. The third-order valence-corrected chi connectivity index (χ3v) is 4.24. The number of benzene rings is 1. The van der Waals surface area contributed by atoms with E-state index < -0.39 is 0 Å². The average Bonchev–Trinajstić information content (AvgIpc) is 2.68. The van der Waals surface area contributed by atoms with Crippen molar-refractivity contribution in [2.45, 2.75) is 31.8 Å². The van der Waals surface area contributed by atoms with Gasteiger partial charge in [-0.2, -0.15) is 0 Å². The SMILES string of the molecule is O[C@H]1c2ccccc2C[C@@H]1CN1CCCCC1. The van der Waals surface area contributed by atoms with Crippen LogP contribution in [0.5, 0.6) is 0 Å². The summed E-state index contributed by atoms with van der Waals surface area (Å²) in [6.45, 7) is 3.51. The van der Waals surface area contributed by atoms with E-state index in [-0.39, 0.29) is 6.10 Å². The van der Waals surface area contributed by atoms with Gasteiger partial charge in [0.2, 0.25) is 0 Å². The molecule has 3 rings (SSSR count). The number of hydrogen-bond donors (Lipinski definition) is 1. The van der Waals surface area contributed by atoms with E-state index in [4.69, 9.17) is 0 Å². The van der Waals surface area contributed by atoms with Gasteiger partial charge in [-0.3, -0.25) is 0 Å². The molecule has 17 heavy (non-hydrogen) atoms. The molecule has 0 aromatic heterocycles. The van der Waals surface area contributed by atoms with E-state index in [0.717, 1.165) is 18.5 Å². The van der Waals surface area contributed by atoms with Gasteiger partial charge in [0.15, 0.2) is 0 Å². The van der Waals surface area contributed by atoms with Crippen LogP contribution in [0, 0.1) is 5.92 Å². The molecule has 1 saturated heterocycles. The van der Waals surface area contributed by atoms with Crippen LogP contribution in [0.25, 0.3) is 0 Å². The molecule has 2 nitrogen and oxygen atoms in total. The molecule has 1 heterocycles. The maximum Gasteiger partial charge on any atom is 0.0836 e. The van der Waals surface area contributed by atoms with Gasteiger partial charge in [-0.1, -0.05) is 30.7 Å². The monoisotopic (exact) mass is 231 g/mol. The van der Waals surface area contributed by atoms with Crippen LogP contribution in [0.3, 0.4) is 0 Å². The summed E-state index contributed by atoms with van der Waals surface area (Å²) in [4.78, 5) is 2.53. The summed E-state index contributed by atoms with van der Waals surface area (Å²) in [5.74, 6) is 0.408. The van der Waals surface area contributed by atoms with Crippen LogP contribution in [-0.2, 0) is 6.42 Å². The van der Waals surface area contributed by atoms with Gasteiger partial charge in [0.05, 0.1) is 6.10 Å². The lowest BCUT2D eigenvalue weighted by Crippen LogP contribution is -2.35. The molecule has 1 aromatic rings. The first kappa shape index (κ1) is 11.2. The van der Waals surface area contributed by atoms with Crippen LogP contribution in [0.2, 0.25) is 0 Å². The van der Waals surface area contributed by atoms with Gasteiger partial charge in [0, 0.05) is 12.5 Å². The lowest BCUT2D eigenvalue weighted by molar-refractivity contribution is 0.0855. The van der Waals surface area contributed by atoms with E-state index in [0.29, 0.717) is 5.92 Å². The summed E-state index contributed by atoms with van der Waals surface area (Å²) in [6, 6.07) is 8.35. The van der Waals surface area contributed by atoms with E-state index in [1.165, 1.54) is 37.9 Å². The molecule has 2 aliphatic rings. The van der Waals surface area contributed by atoms with Crippen LogP contribution in [0.1, 0.15) is 36.5 Å². The highest BCUT2D eigenvalue weighted by atomic mass is 16.3. The summed E-state index contributed by atoms with van der Waals surface area (Å²) in [5.41, 5.74) is 2.51. The fourth-order valence-electron chi connectivity index (χ4n) is 3.29. The van der Waals surface area contributed by atoms with Crippen molar-refractivity contribution in [1.82, 2.24) is 4.90 Å². The topological polar surface area (TPSA) is 23.5 Å². The van der Waals surface area contributed by atoms with Crippen molar-refractivity contribution in [2.75, 3.05) is 19.6 Å². The van der Waals surface area contributed by atoms with E-state index in [9.17, 15) is 5.11 Å². The number of piperidine rings is 1. The molecule has 0 amide bonds. The van der Waals surface area contributed by atoms with E-state index in [1.807, 2.05) is 6.07 Å². The second-order valence-corrected chi connectivity index (χ2v) is 5.47. The second kappa shape index (κ2) is 4.79. The van der Waals surface area contributed by atoms with Gasteiger partial charge >= 0.3 is 0 Å². The van der Waals surface area contributed by atoms with E-state index in [2.05, 4.69) is 23.1 Å². The van der Waals surface area contributed by atoms with Gasteiger partial charge in [-0.25, -0.2) is 0 Å². The molecule has 0 unspecified atom stereocenters. The first-order chi connectivity index (χ1) is 8.34. The Morgan fingerprint density at radius 2 is 1.88 bits per heavy atom. The van der Waals surface area contributed by atoms with Gasteiger partial charge in [0.1, 0.15) is 0 Å². The van der Waals surface area contributed by atoms with Gasteiger partial charge in [0.25, 0.3) is 0 Å². The zero-order chi connectivity index (χ0) is 11.7. The summed E-state index contributed by atoms with van der Waals surface area (Å²) >= 11 is 0. The molecule has 2 heteroatoms. The van der Waals surface area contributed by atoms with Crippen molar-refractivity contribution in [3.8, 4) is 0 Å². The highest BCUT2D eigenvalue weighted by Crippen LogP contribution is 2.36. The van der Waals surface area contributed by atoms with Crippen LogP contribution >= 0.6 is 0 Å². The molecule has 1 aromatic carbocycles. The number of hydrogen-bond acceptors (Lipinski definition) is 2. The number of aliphatic hydroxyl groups excluding tert-OH is 1. The van der Waals surface area contributed by atoms with Crippen molar-refractivity contribution in [3.05, 3.63) is 35.4 Å². The first-order valence-corrected chi connectivity index (χ1v) is 6.83. The van der Waals surface area contributed by atoms with Crippen LogP contribution in [0.4, 0.5) is 0 Å². The van der Waals surface area contributed by atoms with Crippen LogP contribution in [0.15, 0.2) is 24.3 Å². The number of aliphatic hydroxyl groups is 1. The zero-order valence-corrected chi connectivity index (χ0v) is 10.3. The largest absolute Gasteiger partial charge is 0.388 e. The zero-order valence-electron chi connectivity index (χ0n) is 10.3. The molecule has 1 N–H and O–H groups in total. The Morgan fingerprint density at radius 3 is 2.65 bits per heavy atom. The Bertz CT molecular complexity index is 384. The van der Waals surface area contributed by atoms with Crippen molar-refractivity contribution >= 4 is 0 Å². The predicted molar refractivity (Wildman–Crippen MR) is 68.9 cm³/mol. The predicted octanol–water partition coefficient (Wildman–Crippen LogP) is 2.38.